The zero-order valence-electron chi connectivity index (χ0n) is 10.2. The molecular formula is C14H18BrNO. The van der Waals surface area contributed by atoms with E-state index in [0.29, 0.717) is 6.54 Å². The highest BCUT2D eigenvalue weighted by molar-refractivity contribution is 9.10. The highest BCUT2D eigenvalue weighted by Gasteiger charge is 2.20. The molecule has 0 amide bonds. The molecule has 92 valence electrons. The van der Waals surface area contributed by atoms with Gasteiger partial charge in [-0.05, 0) is 37.9 Å². The van der Waals surface area contributed by atoms with E-state index in [2.05, 4.69) is 20.8 Å². The van der Waals surface area contributed by atoms with Crippen molar-refractivity contribution in [1.29, 1.82) is 0 Å². The number of carbonyl (C=O) groups is 1. The molecule has 2 nitrogen and oxygen atoms in total. The SMILES string of the molecule is CN(CC(=O)c1cccc(Br)c1)CC1CCC1. The lowest BCUT2D eigenvalue weighted by atomic mass is 9.85. The van der Waals surface area contributed by atoms with Crippen LogP contribution in [-0.2, 0) is 0 Å². The van der Waals surface area contributed by atoms with Crippen LogP contribution in [0.15, 0.2) is 28.7 Å². The van der Waals surface area contributed by atoms with Gasteiger partial charge in [-0.3, -0.25) is 9.69 Å². The van der Waals surface area contributed by atoms with Crippen molar-refractivity contribution in [2.24, 2.45) is 5.92 Å². The molecule has 0 radical (unpaired) electrons. The van der Waals surface area contributed by atoms with Gasteiger partial charge in [0.15, 0.2) is 5.78 Å². The minimum absolute atomic E-state index is 0.202. The predicted molar refractivity (Wildman–Crippen MR) is 73.3 cm³/mol. The first kappa shape index (κ1) is 12.8. The maximum Gasteiger partial charge on any atom is 0.176 e. The summed E-state index contributed by atoms with van der Waals surface area (Å²) < 4.78 is 0.963. The van der Waals surface area contributed by atoms with Crippen LogP contribution in [0.25, 0.3) is 0 Å². The Kier molecular flexibility index (Phi) is 4.35. The third-order valence-corrected chi connectivity index (χ3v) is 3.85. The van der Waals surface area contributed by atoms with Crippen LogP contribution in [0.5, 0.6) is 0 Å². The normalized spacial score (nSPS) is 15.9. The van der Waals surface area contributed by atoms with E-state index >= 15 is 0 Å². The molecule has 3 heteroatoms. The Labute approximate surface area is 111 Å². The second-order valence-electron chi connectivity index (χ2n) is 4.93. The number of likely N-dealkylation sites (N-methyl/N-ethyl adjacent to an activating group) is 1. The lowest BCUT2D eigenvalue weighted by Gasteiger charge is -2.29. The number of benzene rings is 1. The van der Waals surface area contributed by atoms with Gasteiger partial charge in [0.25, 0.3) is 0 Å². The van der Waals surface area contributed by atoms with Crippen molar-refractivity contribution in [2.45, 2.75) is 19.3 Å². The number of nitrogens with zero attached hydrogens (tertiary/aromatic N) is 1. The van der Waals surface area contributed by atoms with Gasteiger partial charge in [0.05, 0.1) is 6.54 Å². The molecule has 1 aromatic rings. The highest BCUT2D eigenvalue weighted by Crippen LogP contribution is 2.26. The molecule has 1 fully saturated rings. The second kappa shape index (κ2) is 5.78. The average molecular weight is 296 g/mol. The van der Waals surface area contributed by atoms with Gasteiger partial charge in [0, 0.05) is 16.6 Å². The van der Waals surface area contributed by atoms with E-state index in [-0.39, 0.29) is 5.78 Å². The van der Waals surface area contributed by atoms with Gasteiger partial charge in [0.1, 0.15) is 0 Å². The van der Waals surface area contributed by atoms with E-state index in [1.165, 1.54) is 19.3 Å². The molecule has 0 saturated heterocycles. The van der Waals surface area contributed by atoms with E-state index < -0.39 is 0 Å². The van der Waals surface area contributed by atoms with Gasteiger partial charge in [-0.1, -0.05) is 34.5 Å². The van der Waals surface area contributed by atoms with E-state index in [4.69, 9.17) is 0 Å². The Hall–Kier alpha value is -0.670. The minimum Gasteiger partial charge on any atom is -0.299 e. The van der Waals surface area contributed by atoms with Crippen molar-refractivity contribution in [2.75, 3.05) is 20.1 Å². The molecule has 0 heterocycles. The van der Waals surface area contributed by atoms with Crippen molar-refractivity contribution in [3.8, 4) is 0 Å². The van der Waals surface area contributed by atoms with E-state index in [1.807, 2.05) is 31.3 Å². The summed E-state index contributed by atoms with van der Waals surface area (Å²) in [6.45, 7) is 1.58. The molecule has 0 atom stereocenters. The number of ketones is 1. The molecule has 0 unspecified atom stereocenters. The van der Waals surface area contributed by atoms with Crippen LogP contribution in [0.3, 0.4) is 0 Å². The Balaban J connectivity index is 1.87. The van der Waals surface area contributed by atoms with Gasteiger partial charge in [-0.25, -0.2) is 0 Å². The number of hydrogen-bond acceptors (Lipinski definition) is 2. The third kappa shape index (κ3) is 3.65. The molecule has 1 saturated carbocycles. The zero-order valence-corrected chi connectivity index (χ0v) is 11.7. The van der Waals surface area contributed by atoms with Gasteiger partial charge in [-0.2, -0.15) is 0 Å². The fourth-order valence-corrected chi connectivity index (χ4v) is 2.58. The lowest BCUT2D eigenvalue weighted by Crippen LogP contribution is -2.33. The van der Waals surface area contributed by atoms with Gasteiger partial charge in [-0.15, -0.1) is 0 Å². The van der Waals surface area contributed by atoms with Crippen molar-refractivity contribution in [3.05, 3.63) is 34.3 Å². The molecule has 1 aromatic carbocycles. The van der Waals surface area contributed by atoms with E-state index in [1.54, 1.807) is 0 Å². The number of Topliss-reactive ketones (excluding diaryl/α,β-unsaturated/α-hetero) is 1. The minimum atomic E-state index is 0.202. The first-order valence-corrected chi connectivity index (χ1v) is 6.92. The summed E-state index contributed by atoms with van der Waals surface area (Å²) in [5.41, 5.74) is 0.792. The Morgan fingerprint density at radius 2 is 2.24 bits per heavy atom. The van der Waals surface area contributed by atoms with Crippen LogP contribution in [0.2, 0.25) is 0 Å². The zero-order chi connectivity index (χ0) is 12.3. The molecule has 1 aliphatic carbocycles. The standard InChI is InChI=1S/C14H18BrNO/c1-16(9-11-4-2-5-11)10-14(17)12-6-3-7-13(15)8-12/h3,6-8,11H,2,4-5,9-10H2,1H3. The van der Waals surface area contributed by atoms with Crippen molar-refractivity contribution < 1.29 is 4.79 Å². The Morgan fingerprint density at radius 3 is 2.82 bits per heavy atom. The Morgan fingerprint density at radius 1 is 1.47 bits per heavy atom. The number of hydrogen-bond donors (Lipinski definition) is 0. The fraction of sp³-hybridized carbons (Fsp3) is 0.500. The molecule has 0 N–H and O–H groups in total. The molecule has 0 bridgehead atoms. The molecule has 0 aliphatic heterocycles. The number of halogens is 1. The topological polar surface area (TPSA) is 20.3 Å². The van der Waals surface area contributed by atoms with Crippen LogP contribution < -0.4 is 0 Å². The van der Waals surface area contributed by atoms with Crippen molar-refractivity contribution >= 4 is 21.7 Å². The van der Waals surface area contributed by atoms with E-state index in [0.717, 1.165) is 22.5 Å². The summed E-state index contributed by atoms with van der Waals surface area (Å²) >= 11 is 3.39. The van der Waals surface area contributed by atoms with Gasteiger partial charge >= 0.3 is 0 Å². The molecule has 17 heavy (non-hydrogen) atoms. The lowest BCUT2D eigenvalue weighted by molar-refractivity contribution is 0.0925. The first-order chi connectivity index (χ1) is 8.15. The summed E-state index contributed by atoms with van der Waals surface area (Å²) in [5.74, 6) is 1.02. The number of carbonyl (C=O) groups excluding carboxylic acids is 1. The van der Waals surface area contributed by atoms with Crippen molar-refractivity contribution in [1.82, 2.24) is 4.90 Å². The molecule has 0 aromatic heterocycles. The summed E-state index contributed by atoms with van der Waals surface area (Å²) in [4.78, 5) is 14.2. The molecular weight excluding hydrogens is 278 g/mol. The molecule has 2 rings (SSSR count). The number of rotatable bonds is 5. The first-order valence-electron chi connectivity index (χ1n) is 6.12. The van der Waals surface area contributed by atoms with Crippen LogP contribution in [0.1, 0.15) is 29.6 Å². The summed E-state index contributed by atoms with van der Waals surface area (Å²) in [6, 6.07) is 7.61. The van der Waals surface area contributed by atoms with E-state index in [9.17, 15) is 4.79 Å². The third-order valence-electron chi connectivity index (χ3n) is 3.35. The van der Waals surface area contributed by atoms with Crippen LogP contribution in [-0.4, -0.2) is 30.8 Å². The maximum atomic E-state index is 12.0. The summed E-state index contributed by atoms with van der Waals surface area (Å²) in [6.07, 6.45) is 4.02. The summed E-state index contributed by atoms with van der Waals surface area (Å²) in [7, 11) is 2.04. The maximum absolute atomic E-state index is 12.0. The smallest absolute Gasteiger partial charge is 0.176 e. The average Bonchev–Trinajstić information content (AvgIpc) is 2.23. The predicted octanol–water partition coefficient (Wildman–Crippen LogP) is 3.36. The Bertz CT molecular complexity index is 401. The quantitative estimate of drug-likeness (QED) is 0.777. The fourth-order valence-electron chi connectivity index (χ4n) is 2.18. The largest absolute Gasteiger partial charge is 0.299 e. The van der Waals surface area contributed by atoms with Gasteiger partial charge < -0.3 is 0 Å². The van der Waals surface area contributed by atoms with Crippen LogP contribution in [0, 0.1) is 5.92 Å². The molecule has 1 aliphatic rings. The second-order valence-corrected chi connectivity index (χ2v) is 5.84. The summed E-state index contributed by atoms with van der Waals surface area (Å²) in [5, 5.41) is 0. The van der Waals surface area contributed by atoms with Gasteiger partial charge in [0.2, 0.25) is 0 Å². The van der Waals surface area contributed by atoms with Crippen LogP contribution in [0.4, 0.5) is 0 Å². The monoisotopic (exact) mass is 295 g/mol. The highest BCUT2D eigenvalue weighted by atomic mass is 79.9. The molecule has 0 spiro atoms. The van der Waals surface area contributed by atoms with Crippen LogP contribution >= 0.6 is 15.9 Å². The van der Waals surface area contributed by atoms with Crippen molar-refractivity contribution in [3.63, 3.8) is 0 Å².